The molecule has 5 rings (SSSR count). The van der Waals surface area contributed by atoms with Crippen molar-refractivity contribution in [2.24, 2.45) is 23.5 Å². The molecular formula is C31H38N4O7. The van der Waals surface area contributed by atoms with Crippen LogP contribution in [-0.4, -0.2) is 95.3 Å². The van der Waals surface area contributed by atoms with Gasteiger partial charge in [0.25, 0.3) is 0 Å². The molecule has 0 radical (unpaired) electrons. The molecule has 2 saturated carbocycles. The minimum absolute atomic E-state index is 0.0592. The smallest absolute Gasteiger partial charge is 0.230 e. The molecule has 224 valence electrons. The van der Waals surface area contributed by atoms with Crippen LogP contribution in [0, 0.1) is 17.8 Å². The maximum absolute atomic E-state index is 14.1. The van der Waals surface area contributed by atoms with Crippen LogP contribution in [0.5, 0.6) is 5.75 Å². The molecule has 11 nitrogen and oxygen atoms in total. The number of likely N-dealkylation sites (N-methyl/N-ethyl adjacent to an activating group) is 1. The number of hydrogen-bond acceptors (Lipinski definition) is 10. The number of carbonyl (C=O) groups is 3. The van der Waals surface area contributed by atoms with Gasteiger partial charge < -0.3 is 41.3 Å². The molecule has 0 saturated heterocycles. The predicted molar refractivity (Wildman–Crippen MR) is 157 cm³/mol. The molecule has 2 fully saturated rings. The number of amides is 1. The Hall–Kier alpha value is -3.93. The Morgan fingerprint density at radius 3 is 2.38 bits per heavy atom. The summed E-state index contributed by atoms with van der Waals surface area (Å²) in [6.07, 6.45) is -0.534. The number of primary amides is 1. The summed E-state index contributed by atoms with van der Waals surface area (Å²) in [7, 11) is 6.92. The maximum atomic E-state index is 14.1. The average Bonchev–Trinajstić information content (AvgIpc) is 2.92. The van der Waals surface area contributed by atoms with Crippen molar-refractivity contribution in [2.45, 2.75) is 37.0 Å². The molecule has 2 unspecified atom stereocenters. The first-order chi connectivity index (χ1) is 19.8. The molecule has 1 amide bonds. The van der Waals surface area contributed by atoms with Crippen molar-refractivity contribution in [3.63, 3.8) is 0 Å². The number of nitrogens with zero attached hydrogens (tertiary/aromatic N) is 2. The number of phenolic OH excluding ortho intramolecular Hbond substituents is 1. The van der Waals surface area contributed by atoms with Gasteiger partial charge in [0.15, 0.2) is 11.4 Å². The predicted octanol–water partition coefficient (Wildman–Crippen LogP) is 0.850. The highest BCUT2D eigenvalue weighted by Gasteiger charge is 2.67. The van der Waals surface area contributed by atoms with Gasteiger partial charge in [0, 0.05) is 43.9 Å². The van der Waals surface area contributed by atoms with Gasteiger partial charge in [-0.2, -0.15) is 0 Å². The third-order valence-electron chi connectivity index (χ3n) is 9.12. The normalized spacial score (nSPS) is 28.7. The van der Waals surface area contributed by atoms with Gasteiger partial charge in [-0.1, -0.05) is 30.3 Å². The van der Waals surface area contributed by atoms with Gasteiger partial charge in [0.05, 0.1) is 17.4 Å². The van der Waals surface area contributed by atoms with Crippen molar-refractivity contribution in [1.29, 1.82) is 0 Å². The molecule has 3 aliphatic carbocycles. The summed E-state index contributed by atoms with van der Waals surface area (Å²) in [5.74, 6) is -7.58. The first-order valence-electron chi connectivity index (χ1n) is 14.0. The number of rotatable bonds is 7. The second-order valence-electron chi connectivity index (χ2n) is 12.0. The van der Waals surface area contributed by atoms with Crippen molar-refractivity contribution < 1.29 is 34.8 Å². The molecule has 11 heteroatoms. The largest absolute Gasteiger partial charge is 0.507 e. The number of fused-ring (bicyclic) bond motifs is 3. The van der Waals surface area contributed by atoms with Gasteiger partial charge in [-0.05, 0) is 56.5 Å². The van der Waals surface area contributed by atoms with Gasteiger partial charge in [-0.3, -0.25) is 14.4 Å². The molecular weight excluding hydrogens is 540 g/mol. The number of aliphatic hydroxyl groups excluding tert-OH is 2. The van der Waals surface area contributed by atoms with Crippen molar-refractivity contribution in [3.05, 3.63) is 58.7 Å². The molecule has 7 N–H and O–H groups in total. The van der Waals surface area contributed by atoms with E-state index in [4.69, 9.17) is 5.73 Å². The third kappa shape index (κ3) is 4.43. The fraction of sp³-hybridized carbons (Fsp3) is 0.452. The SMILES string of the molecule is CN(C)c1cc(NCCc2ccccc2)c(O)c2c1C[C@@H]1C[C@@H]3[C@@H](N(C)C)C(O)C(C(N)=O)C(=O)[C@]3(O)C(=O)C1=C2O. The van der Waals surface area contributed by atoms with Crippen molar-refractivity contribution >= 4 is 34.6 Å². The number of benzene rings is 2. The van der Waals surface area contributed by atoms with Crippen LogP contribution in [0.15, 0.2) is 42.0 Å². The summed E-state index contributed by atoms with van der Waals surface area (Å²) in [5, 5.41) is 49.0. The quantitative estimate of drug-likeness (QED) is 0.204. The van der Waals surface area contributed by atoms with E-state index in [0.717, 1.165) is 11.3 Å². The zero-order valence-corrected chi connectivity index (χ0v) is 24.2. The Morgan fingerprint density at radius 2 is 1.79 bits per heavy atom. The lowest BCUT2D eigenvalue weighted by Crippen LogP contribution is -2.73. The van der Waals surface area contributed by atoms with Crippen LogP contribution < -0.4 is 16.0 Å². The Kier molecular flexibility index (Phi) is 7.55. The summed E-state index contributed by atoms with van der Waals surface area (Å²) in [4.78, 5) is 43.3. The third-order valence-corrected chi connectivity index (χ3v) is 9.12. The number of phenols is 1. The highest BCUT2D eigenvalue weighted by Crippen LogP contribution is 2.54. The van der Waals surface area contributed by atoms with Crippen LogP contribution in [0.25, 0.3) is 5.76 Å². The number of anilines is 2. The van der Waals surface area contributed by atoms with Crippen LogP contribution in [0.4, 0.5) is 11.4 Å². The first kappa shape index (κ1) is 29.6. The molecule has 2 aromatic rings. The second kappa shape index (κ2) is 10.7. The minimum Gasteiger partial charge on any atom is -0.507 e. The van der Waals surface area contributed by atoms with Gasteiger partial charge in [-0.15, -0.1) is 0 Å². The van der Waals surface area contributed by atoms with Gasteiger partial charge in [0.2, 0.25) is 11.7 Å². The zero-order valence-electron chi connectivity index (χ0n) is 24.2. The number of aromatic hydroxyl groups is 1. The van der Waals surface area contributed by atoms with Gasteiger partial charge in [-0.25, -0.2) is 0 Å². The van der Waals surface area contributed by atoms with Crippen molar-refractivity contribution in [3.8, 4) is 5.75 Å². The fourth-order valence-electron chi connectivity index (χ4n) is 7.17. The number of aliphatic hydroxyl groups is 3. The lowest BCUT2D eigenvalue weighted by molar-refractivity contribution is -0.184. The van der Waals surface area contributed by atoms with Gasteiger partial charge >= 0.3 is 0 Å². The summed E-state index contributed by atoms with van der Waals surface area (Å²) in [6, 6.07) is 10.7. The highest BCUT2D eigenvalue weighted by molar-refractivity contribution is 6.25. The monoisotopic (exact) mass is 578 g/mol. The first-order valence-corrected chi connectivity index (χ1v) is 14.0. The molecule has 0 aliphatic heterocycles. The molecule has 0 bridgehead atoms. The van der Waals surface area contributed by atoms with Crippen molar-refractivity contribution in [1.82, 2.24) is 4.90 Å². The lowest BCUT2D eigenvalue weighted by Gasteiger charge is -2.53. The molecule has 6 atom stereocenters. The van der Waals surface area contributed by atoms with E-state index in [1.54, 1.807) is 25.1 Å². The molecule has 3 aliphatic rings. The summed E-state index contributed by atoms with van der Waals surface area (Å²) >= 11 is 0. The Labute approximate surface area is 244 Å². The van der Waals surface area contributed by atoms with Crippen LogP contribution in [0.1, 0.15) is 23.1 Å². The number of hydrogen-bond donors (Lipinski definition) is 6. The topological polar surface area (TPSA) is 177 Å². The van der Waals surface area contributed by atoms with E-state index in [1.165, 1.54) is 0 Å². The molecule has 2 aromatic carbocycles. The summed E-state index contributed by atoms with van der Waals surface area (Å²) < 4.78 is 0. The zero-order chi connectivity index (χ0) is 30.7. The Morgan fingerprint density at radius 1 is 1.12 bits per heavy atom. The maximum Gasteiger partial charge on any atom is 0.230 e. The number of nitrogens with two attached hydrogens (primary N) is 1. The Bertz CT molecular complexity index is 1470. The highest BCUT2D eigenvalue weighted by atomic mass is 16.3. The molecule has 0 heterocycles. The van der Waals surface area contributed by atoms with Crippen molar-refractivity contribution in [2.75, 3.05) is 45.0 Å². The molecule has 0 aromatic heterocycles. The van der Waals surface area contributed by atoms with E-state index >= 15 is 0 Å². The molecule has 0 spiro atoms. The average molecular weight is 579 g/mol. The van der Waals surface area contributed by atoms with E-state index in [9.17, 15) is 34.8 Å². The Balaban J connectivity index is 1.60. The van der Waals surface area contributed by atoms with E-state index in [0.29, 0.717) is 24.2 Å². The van der Waals surface area contributed by atoms with Crippen LogP contribution in [0.2, 0.25) is 0 Å². The van der Waals surface area contributed by atoms with Gasteiger partial charge in [0.1, 0.15) is 17.4 Å². The lowest BCUT2D eigenvalue weighted by atomic mass is 9.54. The summed E-state index contributed by atoms with van der Waals surface area (Å²) in [5.41, 5.74) is 5.46. The minimum atomic E-state index is -2.68. The van der Waals surface area contributed by atoms with E-state index < -0.39 is 58.7 Å². The van der Waals surface area contributed by atoms with Crippen LogP contribution in [-0.2, 0) is 27.2 Å². The van der Waals surface area contributed by atoms with E-state index in [1.807, 2.05) is 49.3 Å². The second-order valence-corrected chi connectivity index (χ2v) is 12.0. The fourth-order valence-corrected chi connectivity index (χ4v) is 7.17. The van der Waals surface area contributed by atoms with Crippen LogP contribution >= 0.6 is 0 Å². The van der Waals surface area contributed by atoms with E-state index in [-0.39, 0.29) is 29.7 Å². The van der Waals surface area contributed by atoms with Crippen LogP contribution in [0.3, 0.4) is 0 Å². The number of nitrogens with one attached hydrogen (secondary N) is 1. The number of Topliss-reactive ketones (excluding diaryl/α,β-unsaturated/α-hetero) is 2. The number of carbonyl (C=O) groups excluding carboxylic acids is 3. The van der Waals surface area contributed by atoms with E-state index in [2.05, 4.69) is 5.32 Å². The summed E-state index contributed by atoms with van der Waals surface area (Å²) in [6.45, 7) is 0.487. The number of ketones is 2. The molecule has 42 heavy (non-hydrogen) atoms. The standard InChI is InChI=1S/C31H38N4O7/c1-34(2)20-14-19(33-11-10-15-8-6-5-7-9-15)25(36)22-17(20)12-16-13-18-24(35(3)4)27(38)23(30(32)41)29(40)31(18,42)28(39)21(16)26(22)37/h5-9,14,16,18,23-24,27,33,36-38,42H,10-13H2,1-4H3,(H2,32,41)/t16-,18-,23?,24-,27?,31-/m1/s1.